The molecule has 25 heavy (non-hydrogen) atoms. The van der Waals surface area contributed by atoms with Crippen LogP contribution in [0.25, 0.3) is 16.8 Å². The van der Waals surface area contributed by atoms with Crippen molar-refractivity contribution in [1.29, 1.82) is 0 Å². The Morgan fingerprint density at radius 3 is 2.56 bits per heavy atom. The SMILES string of the molecule is Fc1cccc(F)c1-c1ccc2cnc(Nc3cnccc3Br)n2n1. The van der Waals surface area contributed by atoms with E-state index < -0.39 is 11.6 Å². The van der Waals surface area contributed by atoms with E-state index in [1.54, 1.807) is 36.8 Å². The number of anilines is 2. The number of halogens is 3. The van der Waals surface area contributed by atoms with Crippen molar-refractivity contribution in [3.63, 3.8) is 0 Å². The zero-order valence-electron chi connectivity index (χ0n) is 12.6. The lowest BCUT2D eigenvalue weighted by atomic mass is 10.1. The van der Waals surface area contributed by atoms with E-state index in [2.05, 4.69) is 36.3 Å². The van der Waals surface area contributed by atoms with Crippen LogP contribution < -0.4 is 5.32 Å². The van der Waals surface area contributed by atoms with Crippen molar-refractivity contribution in [3.8, 4) is 11.3 Å². The highest BCUT2D eigenvalue weighted by Crippen LogP contribution is 2.27. The molecule has 1 N–H and O–H groups in total. The van der Waals surface area contributed by atoms with E-state index in [0.717, 1.165) is 4.47 Å². The van der Waals surface area contributed by atoms with Crippen molar-refractivity contribution >= 4 is 33.1 Å². The van der Waals surface area contributed by atoms with Crippen LogP contribution in [-0.4, -0.2) is 19.6 Å². The molecule has 0 bridgehead atoms. The maximum absolute atomic E-state index is 14.0. The highest BCUT2D eigenvalue weighted by molar-refractivity contribution is 9.10. The summed E-state index contributed by atoms with van der Waals surface area (Å²) in [5, 5.41) is 7.42. The molecule has 4 rings (SSSR count). The maximum Gasteiger partial charge on any atom is 0.229 e. The molecular weight excluding hydrogens is 392 g/mol. The summed E-state index contributed by atoms with van der Waals surface area (Å²) >= 11 is 3.42. The summed E-state index contributed by atoms with van der Waals surface area (Å²) in [5.74, 6) is -0.935. The standard InChI is InChI=1S/C17H10BrF2N5/c18-11-6-7-21-9-15(11)23-17-22-8-10-4-5-14(24-25(10)17)16-12(19)2-1-3-13(16)20/h1-9H,(H,22,23). The molecule has 0 fully saturated rings. The average Bonchev–Trinajstić information content (AvgIpc) is 2.99. The lowest BCUT2D eigenvalue weighted by Crippen LogP contribution is -2.03. The van der Waals surface area contributed by atoms with Crippen LogP contribution in [0.1, 0.15) is 0 Å². The van der Waals surface area contributed by atoms with Crippen LogP contribution in [0.3, 0.4) is 0 Å². The lowest BCUT2D eigenvalue weighted by molar-refractivity contribution is 0.588. The van der Waals surface area contributed by atoms with Crippen LogP contribution in [-0.2, 0) is 0 Å². The van der Waals surface area contributed by atoms with E-state index in [1.165, 1.54) is 22.7 Å². The number of aromatic nitrogens is 4. The van der Waals surface area contributed by atoms with Crippen molar-refractivity contribution in [2.24, 2.45) is 0 Å². The summed E-state index contributed by atoms with van der Waals surface area (Å²) < 4.78 is 30.3. The Morgan fingerprint density at radius 1 is 1.00 bits per heavy atom. The quantitative estimate of drug-likeness (QED) is 0.545. The van der Waals surface area contributed by atoms with Gasteiger partial charge in [-0.2, -0.15) is 9.61 Å². The Morgan fingerprint density at radius 2 is 1.80 bits per heavy atom. The van der Waals surface area contributed by atoms with E-state index in [0.29, 0.717) is 17.2 Å². The summed E-state index contributed by atoms with van der Waals surface area (Å²) in [6.07, 6.45) is 4.89. The number of hydrogen-bond donors (Lipinski definition) is 1. The zero-order chi connectivity index (χ0) is 17.4. The molecular formula is C17H10BrF2N5. The molecule has 8 heteroatoms. The molecule has 0 atom stereocenters. The molecule has 3 aromatic heterocycles. The first-order valence-electron chi connectivity index (χ1n) is 7.29. The largest absolute Gasteiger partial charge is 0.322 e. The van der Waals surface area contributed by atoms with E-state index in [4.69, 9.17) is 0 Å². The van der Waals surface area contributed by atoms with E-state index in [9.17, 15) is 8.78 Å². The Labute approximate surface area is 149 Å². The van der Waals surface area contributed by atoms with Gasteiger partial charge in [0.25, 0.3) is 0 Å². The van der Waals surface area contributed by atoms with Gasteiger partial charge in [-0.15, -0.1) is 0 Å². The van der Waals surface area contributed by atoms with Gasteiger partial charge in [-0.05, 0) is 46.3 Å². The Bertz CT molecular complexity index is 1060. The molecule has 0 saturated heterocycles. The van der Waals surface area contributed by atoms with Crippen LogP contribution in [0.15, 0.2) is 59.5 Å². The molecule has 0 saturated carbocycles. The van der Waals surface area contributed by atoms with Crippen molar-refractivity contribution in [1.82, 2.24) is 19.6 Å². The molecule has 4 aromatic rings. The number of nitrogens with one attached hydrogen (secondary N) is 1. The van der Waals surface area contributed by atoms with Gasteiger partial charge in [-0.3, -0.25) is 4.98 Å². The fourth-order valence-electron chi connectivity index (χ4n) is 2.43. The summed E-state index contributed by atoms with van der Waals surface area (Å²) in [5.41, 5.74) is 1.38. The second-order valence-electron chi connectivity index (χ2n) is 5.21. The maximum atomic E-state index is 14.0. The number of hydrogen-bond acceptors (Lipinski definition) is 4. The lowest BCUT2D eigenvalue weighted by Gasteiger charge is -2.08. The minimum atomic E-state index is -0.670. The van der Waals surface area contributed by atoms with Gasteiger partial charge in [-0.25, -0.2) is 13.8 Å². The van der Waals surface area contributed by atoms with Gasteiger partial charge in [-0.1, -0.05) is 6.07 Å². The third-order valence-corrected chi connectivity index (χ3v) is 4.31. The van der Waals surface area contributed by atoms with Crippen LogP contribution in [0.5, 0.6) is 0 Å². The van der Waals surface area contributed by atoms with Crippen molar-refractivity contribution in [2.45, 2.75) is 0 Å². The van der Waals surface area contributed by atoms with Crippen molar-refractivity contribution in [2.75, 3.05) is 5.32 Å². The molecule has 0 aliphatic rings. The summed E-state index contributed by atoms with van der Waals surface area (Å²) in [7, 11) is 0. The van der Waals surface area contributed by atoms with Crippen LogP contribution >= 0.6 is 15.9 Å². The topological polar surface area (TPSA) is 55.1 Å². The second kappa shape index (κ2) is 6.21. The molecule has 5 nitrogen and oxygen atoms in total. The highest BCUT2D eigenvalue weighted by atomic mass is 79.9. The molecule has 0 aliphatic carbocycles. The Balaban J connectivity index is 1.82. The third-order valence-electron chi connectivity index (χ3n) is 3.62. The number of imidazole rings is 1. The minimum Gasteiger partial charge on any atom is -0.322 e. The molecule has 0 unspecified atom stereocenters. The third kappa shape index (κ3) is 2.85. The monoisotopic (exact) mass is 401 g/mol. The van der Waals surface area contributed by atoms with E-state index >= 15 is 0 Å². The fourth-order valence-corrected chi connectivity index (χ4v) is 2.75. The molecule has 0 spiro atoms. The minimum absolute atomic E-state index is 0.174. The van der Waals surface area contributed by atoms with Crippen LogP contribution in [0.4, 0.5) is 20.4 Å². The molecule has 3 heterocycles. The molecule has 1 aromatic carbocycles. The van der Waals surface area contributed by atoms with Gasteiger partial charge in [0.1, 0.15) is 11.6 Å². The van der Waals surface area contributed by atoms with Crippen LogP contribution in [0, 0.1) is 11.6 Å². The van der Waals surface area contributed by atoms with Gasteiger partial charge in [0.2, 0.25) is 5.95 Å². The first kappa shape index (κ1) is 15.6. The van der Waals surface area contributed by atoms with Crippen molar-refractivity contribution < 1.29 is 8.78 Å². The average molecular weight is 402 g/mol. The predicted molar refractivity (Wildman–Crippen MR) is 93.6 cm³/mol. The molecule has 124 valence electrons. The molecule has 0 radical (unpaired) electrons. The van der Waals surface area contributed by atoms with Gasteiger partial charge in [0.05, 0.1) is 34.9 Å². The first-order valence-corrected chi connectivity index (χ1v) is 8.08. The number of pyridine rings is 1. The fraction of sp³-hybridized carbons (Fsp3) is 0. The van der Waals surface area contributed by atoms with Gasteiger partial charge in [0.15, 0.2) is 0 Å². The van der Waals surface area contributed by atoms with E-state index in [-0.39, 0.29) is 11.3 Å². The number of fused-ring (bicyclic) bond motifs is 1. The number of rotatable bonds is 3. The summed E-state index contributed by atoms with van der Waals surface area (Å²) in [6.45, 7) is 0. The molecule has 0 amide bonds. The van der Waals surface area contributed by atoms with Crippen molar-refractivity contribution in [3.05, 3.63) is 71.1 Å². The Kier molecular flexibility index (Phi) is 3.89. The first-order chi connectivity index (χ1) is 12.1. The Hall–Kier alpha value is -2.87. The van der Waals surface area contributed by atoms with E-state index in [1.807, 2.05) is 0 Å². The summed E-state index contributed by atoms with van der Waals surface area (Å²) in [4.78, 5) is 8.31. The summed E-state index contributed by atoms with van der Waals surface area (Å²) in [6, 6.07) is 8.75. The smallest absolute Gasteiger partial charge is 0.229 e. The zero-order valence-corrected chi connectivity index (χ0v) is 14.2. The predicted octanol–water partition coefficient (Wildman–Crippen LogP) is 4.58. The van der Waals surface area contributed by atoms with Gasteiger partial charge >= 0.3 is 0 Å². The van der Waals surface area contributed by atoms with Gasteiger partial charge in [0, 0.05) is 10.7 Å². The number of nitrogens with zero attached hydrogens (tertiary/aromatic N) is 4. The number of benzene rings is 1. The van der Waals surface area contributed by atoms with Crippen LogP contribution in [0.2, 0.25) is 0 Å². The molecule has 0 aliphatic heterocycles. The highest BCUT2D eigenvalue weighted by Gasteiger charge is 2.14. The normalized spacial score (nSPS) is 11.0. The van der Waals surface area contributed by atoms with Gasteiger partial charge < -0.3 is 5.32 Å². The second-order valence-corrected chi connectivity index (χ2v) is 6.07.